The first-order valence-corrected chi connectivity index (χ1v) is 10.7. The number of carbonyl (C=O) groups excluding carboxylic acids is 2. The first-order valence-electron chi connectivity index (χ1n) is 10.7. The summed E-state index contributed by atoms with van der Waals surface area (Å²) in [6, 6.07) is 10.5. The van der Waals surface area contributed by atoms with Crippen LogP contribution in [0, 0.1) is 16.0 Å². The highest BCUT2D eigenvalue weighted by Gasteiger charge is 2.23. The Hall–Kier alpha value is -3.62. The second-order valence-electron chi connectivity index (χ2n) is 8.04. The highest BCUT2D eigenvalue weighted by molar-refractivity contribution is 6.00. The standard InChI is InChI=1S/C23H28N4O5/c1-16-8-12-26(13-9-16)21-7-6-18(27(31)32)15-20(21)23(30)25-11-3-10-24-22(29)17-4-2-5-19(28)14-17/h2,4-7,14-16,28H,3,8-13H2,1H3,(H,24,29)(H,25,30). The number of phenols is 1. The second-order valence-corrected chi connectivity index (χ2v) is 8.04. The summed E-state index contributed by atoms with van der Waals surface area (Å²) in [5.74, 6) is -0.0494. The monoisotopic (exact) mass is 440 g/mol. The maximum Gasteiger partial charge on any atom is 0.270 e. The summed E-state index contributed by atoms with van der Waals surface area (Å²) < 4.78 is 0. The molecule has 0 unspecified atom stereocenters. The van der Waals surface area contributed by atoms with Crippen LogP contribution in [0.25, 0.3) is 0 Å². The highest BCUT2D eigenvalue weighted by Crippen LogP contribution is 2.29. The molecule has 1 fully saturated rings. The van der Waals surface area contributed by atoms with E-state index in [1.165, 1.54) is 24.3 Å². The number of non-ortho nitro benzene ring substituents is 1. The van der Waals surface area contributed by atoms with E-state index in [4.69, 9.17) is 0 Å². The molecule has 9 heteroatoms. The summed E-state index contributed by atoms with van der Waals surface area (Å²) in [7, 11) is 0. The molecule has 0 saturated carbocycles. The predicted molar refractivity (Wildman–Crippen MR) is 121 cm³/mol. The Kier molecular flexibility index (Phi) is 7.64. The van der Waals surface area contributed by atoms with E-state index in [0.717, 1.165) is 25.9 Å². The molecule has 1 aliphatic heterocycles. The van der Waals surface area contributed by atoms with Crippen LogP contribution < -0.4 is 15.5 Å². The molecule has 9 nitrogen and oxygen atoms in total. The Morgan fingerprint density at radius 1 is 1.09 bits per heavy atom. The van der Waals surface area contributed by atoms with Crippen LogP contribution in [0.15, 0.2) is 42.5 Å². The van der Waals surface area contributed by atoms with E-state index in [9.17, 15) is 24.8 Å². The Bertz CT molecular complexity index is 986. The molecule has 0 spiro atoms. The summed E-state index contributed by atoms with van der Waals surface area (Å²) >= 11 is 0. The van der Waals surface area contributed by atoms with E-state index in [1.54, 1.807) is 18.2 Å². The predicted octanol–water partition coefficient (Wildman–Crippen LogP) is 3.09. The lowest BCUT2D eigenvalue weighted by atomic mass is 9.98. The Labute approximate surface area is 186 Å². The van der Waals surface area contributed by atoms with Crippen molar-refractivity contribution in [2.45, 2.75) is 26.2 Å². The molecule has 32 heavy (non-hydrogen) atoms. The number of piperidine rings is 1. The van der Waals surface area contributed by atoms with Crippen LogP contribution in [0.3, 0.4) is 0 Å². The van der Waals surface area contributed by atoms with Gasteiger partial charge in [-0.15, -0.1) is 0 Å². The van der Waals surface area contributed by atoms with Crippen LogP contribution >= 0.6 is 0 Å². The van der Waals surface area contributed by atoms with Crippen molar-refractivity contribution in [1.82, 2.24) is 10.6 Å². The third-order valence-corrected chi connectivity index (χ3v) is 5.59. The smallest absolute Gasteiger partial charge is 0.270 e. The van der Waals surface area contributed by atoms with E-state index >= 15 is 0 Å². The van der Waals surface area contributed by atoms with Crippen molar-refractivity contribution < 1.29 is 19.6 Å². The molecule has 2 aromatic rings. The molecule has 3 rings (SSSR count). The van der Waals surface area contributed by atoms with Crippen LogP contribution in [0.5, 0.6) is 5.75 Å². The molecule has 2 amide bonds. The van der Waals surface area contributed by atoms with E-state index in [-0.39, 0.29) is 28.8 Å². The van der Waals surface area contributed by atoms with Crippen molar-refractivity contribution in [3.8, 4) is 5.75 Å². The van der Waals surface area contributed by atoms with Gasteiger partial charge in [-0.1, -0.05) is 13.0 Å². The van der Waals surface area contributed by atoms with E-state index in [2.05, 4.69) is 22.5 Å². The lowest BCUT2D eigenvalue weighted by Crippen LogP contribution is -2.35. The summed E-state index contributed by atoms with van der Waals surface area (Å²) in [5, 5.41) is 26.2. The van der Waals surface area contributed by atoms with Gasteiger partial charge in [0.05, 0.1) is 16.2 Å². The van der Waals surface area contributed by atoms with Gasteiger partial charge in [0.2, 0.25) is 0 Å². The number of nitro groups is 1. The number of phenolic OH excluding ortho intramolecular Hbond substituents is 1. The minimum atomic E-state index is -0.504. The quantitative estimate of drug-likeness (QED) is 0.329. The third-order valence-electron chi connectivity index (χ3n) is 5.59. The fourth-order valence-electron chi connectivity index (χ4n) is 3.68. The van der Waals surface area contributed by atoms with Crippen LogP contribution in [-0.2, 0) is 0 Å². The van der Waals surface area contributed by atoms with Gasteiger partial charge in [0, 0.05) is 43.9 Å². The molecule has 0 atom stereocenters. The first-order chi connectivity index (χ1) is 15.3. The summed E-state index contributed by atoms with van der Waals surface area (Å²) in [5.41, 5.74) is 1.23. The van der Waals surface area contributed by atoms with Crippen molar-refractivity contribution >= 4 is 23.2 Å². The number of aromatic hydroxyl groups is 1. The maximum absolute atomic E-state index is 12.8. The van der Waals surface area contributed by atoms with Gasteiger partial charge in [-0.2, -0.15) is 0 Å². The minimum absolute atomic E-state index is 0.0147. The third kappa shape index (κ3) is 5.96. The normalized spacial score (nSPS) is 14.1. The van der Waals surface area contributed by atoms with Gasteiger partial charge in [0.25, 0.3) is 17.5 Å². The fraction of sp³-hybridized carbons (Fsp3) is 0.391. The van der Waals surface area contributed by atoms with E-state index in [1.807, 2.05) is 0 Å². The number of nitrogens with one attached hydrogen (secondary N) is 2. The largest absolute Gasteiger partial charge is 0.508 e. The second kappa shape index (κ2) is 10.6. The lowest BCUT2D eigenvalue weighted by Gasteiger charge is -2.33. The number of amides is 2. The number of nitrogens with zero attached hydrogens (tertiary/aromatic N) is 2. The van der Waals surface area contributed by atoms with Crippen LogP contribution in [-0.4, -0.2) is 48.0 Å². The molecule has 0 bridgehead atoms. The van der Waals surface area contributed by atoms with Gasteiger partial charge >= 0.3 is 0 Å². The molecular formula is C23H28N4O5. The zero-order chi connectivity index (χ0) is 23.1. The molecular weight excluding hydrogens is 412 g/mol. The van der Waals surface area contributed by atoms with E-state index < -0.39 is 4.92 Å². The number of anilines is 1. The van der Waals surface area contributed by atoms with Crippen LogP contribution in [0.2, 0.25) is 0 Å². The fourth-order valence-corrected chi connectivity index (χ4v) is 3.68. The van der Waals surface area contributed by atoms with Crippen LogP contribution in [0.1, 0.15) is 46.9 Å². The van der Waals surface area contributed by atoms with Crippen molar-refractivity contribution in [1.29, 1.82) is 0 Å². The summed E-state index contributed by atoms with van der Waals surface area (Å²) in [4.78, 5) is 37.7. The minimum Gasteiger partial charge on any atom is -0.508 e. The number of carbonyl (C=O) groups is 2. The molecule has 2 aromatic carbocycles. The number of nitro benzene ring substituents is 1. The Morgan fingerprint density at radius 2 is 1.78 bits per heavy atom. The van der Waals surface area contributed by atoms with Gasteiger partial charge in [0.1, 0.15) is 5.75 Å². The zero-order valence-corrected chi connectivity index (χ0v) is 18.0. The van der Waals surface area contributed by atoms with E-state index in [0.29, 0.717) is 36.7 Å². The topological polar surface area (TPSA) is 125 Å². The number of hydrogen-bond donors (Lipinski definition) is 3. The molecule has 0 radical (unpaired) electrons. The molecule has 170 valence electrons. The van der Waals surface area contributed by atoms with Gasteiger partial charge in [-0.05, 0) is 49.4 Å². The highest BCUT2D eigenvalue weighted by atomic mass is 16.6. The number of benzene rings is 2. The van der Waals surface area contributed by atoms with Crippen LogP contribution in [0.4, 0.5) is 11.4 Å². The number of hydrogen-bond acceptors (Lipinski definition) is 6. The summed E-state index contributed by atoms with van der Waals surface area (Å²) in [6.07, 6.45) is 2.51. The lowest BCUT2D eigenvalue weighted by molar-refractivity contribution is -0.384. The van der Waals surface area contributed by atoms with Crippen molar-refractivity contribution in [3.63, 3.8) is 0 Å². The molecule has 1 aliphatic rings. The molecule has 3 N–H and O–H groups in total. The average Bonchev–Trinajstić information content (AvgIpc) is 2.78. The summed E-state index contributed by atoms with van der Waals surface area (Å²) in [6.45, 7) is 4.44. The molecule has 0 aliphatic carbocycles. The van der Waals surface area contributed by atoms with Gasteiger partial charge in [-0.25, -0.2) is 0 Å². The van der Waals surface area contributed by atoms with Gasteiger partial charge in [0.15, 0.2) is 0 Å². The van der Waals surface area contributed by atoms with Crippen molar-refractivity contribution in [3.05, 3.63) is 63.7 Å². The zero-order valence-electron chi connectivity index (χ0n) is 18.0. The average molecular weight is 441 g/mol. The maximum atomic E-state index is 12.8. The van der Waals surface area contributed by atoms with Gasteiger partial charge < -0.3 is 20.6 Å². The van der Waals surface area contributed by atoms with Crippen molar-refractivity contribution in [2.75, 3.05) is 31.1 Å². The Balaban J connectivity index is 1.57. The molecule has 1 heterocycles. The SMILES string of the molecule is CC1CCN(c2ccc([N+](=O)[O-])cc2C(=O)NCCCNC(=O)c2cccc(O)c2)CC1. The molecule has 1 saturated heterocycles. The molecule has 0 aromatic heterocycles. The van der Waals surface area contributed by atoms with Crippen molar-refractivity contribution in [2.24, 2.45) is 5.92 Å². The van der Waals surface area contributed by atoms with Gasteiger partial charge in [-0.3, -0.25) is 19.7 Å². The first kappa shape index (κ1) is 23.1. The Morgan fingerprint density at radius 3 is 2.44 bits per heavy atom. The number of rotatable bonds is 8.